The number of carbonyl (C=O) groups excluding carboxylic acids is 3. The zero-order chi connectivity index (χ0) is 51.4. The van der Waals surface area contributed by atoms with Gasteiger partial charge in [0, 0.05) is 19.3 Å². The lowest BCUT2D eigenvalue weighted by atomic mass is 10.0. The van der Waals surface area contributed by atoms with Crippen LogP contribution in [0.25, 0.3) is 0 Å². The number of unbranched alkanes of at least 4 members (excludes halogenated alkanes) is 26. The first-order valence-corrected chi connectivity index (χ1v) is 29.7. The second-order valence-corrected chi connectivity index (χ2v) is 19.5. The van der Waals surface area contributed by atoms with Gasteiger partial charge in [-0.3, -0.25) is 14.4 Å². The highest BCUT2D eigenvalue weighted by Crippen LogP contribution is 2.16. The van der Waals surface area contributed by atoms with Gasteiger partial charge in [-0.15, -0.1) is 0 Å². The molecule has 0 aliphatic heterocycles. The van der Waals surface area contributed by atoms with E-state index in [0.717, 1.165) is 135 Å². The molecule has 0 saturated carbocycles. The van der Waals surface area contributed by atoms with Gasteiger partial charge in [-0.05, 0) is 96.3 Å². The molecule has 0 spiro atoms. The Hall–Kier alpha value is -3.67. The second-order valence-electron chi connectivity index (χ2n) is 19.5. The van der Waals surface area contributed by atoms with Crippen LogP contribution in [0, 0.1) is 0 Å². The predicted octanol–water partition coefficient (Wildman–Crippen LogP) is 20.1. The maximum Gasteiger partial charge on any atom is 0.306 e. The third-order valence-electron chi connectivity index (χ3n) is 12.6. The van der Waals surface area contributed by atoms with Crippen molar-refractivity contribution in [2.45, 2.75) is 284 Å². The molecule has 0 aromatic rings. The van der Waals surface area contributed by atoms with Crippen molar-refractivity contribution < 1.29 is 28.6 Å². The molecule has 0 bridgehead atoms. The molecule has 0 aromatic carbocycles. The molecule has 0 heterocycles. The van der Waals surface area contributed by atoms with E-state index in [-0.39, 0.29) is 37.5 Å². The Balaban J connectivity index is 4.45. The molecule has 71 heavy (non-hydrogen) atoms. The maximum atomic E-state index is 12.9. The van der Waals surface area contributed by atoms with E-state index < -0.39 is 6.10 Å². The van der Waals surface area contributed by atoms with Crippen LogP contribution >= 0.6 is 0 Å². The lowest BCUT2D eigenvalue weighted by Crippen LogP contribution is -2.30. The largest absolute Gasteiger partial charge is 0.462 e. The summed E-state index contributed by atoms with van der Waals surface area (Å²) in [4.78, 5) is 38.2. The summed E-state index contributed by atoms with van der Waals surface area (Å²) >= 11 is 0. The summed E-state index contributed by atoms with van der Waals surface area (Å²) in [6.07, 6.45) is 78.3. The first-order valence-electron chi connectivity index (χ1n) is 29.7. The molecule has 406 valence electrons. The first kappa shape index (κ1) is 67.3. The Bertz CT molecular complexity index is 1410. The lowest BCUT2D eigenvalue weighted by Gasteiger charge is -2.18. The molecule has 0 amide bonds. The van der Waals surface area contributed by atoms with Crippen molar-refractivity contribution in [3.8, 4) is 0 Å². The molecule has 0 N–H and O–H groups in total. The topological polar surface area (TPSA) is 78.9 Å². The van der Waals surface area contributed by atoms with E-state index in [1.54, 1.807) is 0 Å². The number of hydrogen-bond donors (Lipinski definition) is 0. The number of hydrogen-bond acceptors (Lipinski definition) is 6. The van der Waals surface area contributed by atoms with Crippen molar-refractivity contribution in [3.63, 3.8) is 0 Å². The molecule has 1 atom stereocenters. The quantitative estimate of drug-likeness (QED) is 0.0261. The summed E-state index contributed by atoms with van der Waals surface area (Å²) in [5, 5.41) is 0. The van der Waals surface area contributed by atoms with Crippen molar-refractivity contribution in [3.05, 3.63) is 97.2 Å². The van der Waals surface area contributed by atoms with Crippen LogP contribution in [0.3, 0.4) is 0 Å². The van der Waals surface area contributed by atoms with Crippen molar-refractivity contribution in [1.29, 1.82) is 0 Å². The average Bonchev–Trinajstić information content (AvgIpc) is 3.37. The van der Waals surface area contributed by atoms with Crippen LogP contribution in [0.2, 0.25) is 0 Å². The highest BCUT2D eigenvalue weighted by atomic mass is 16.6. The molecular formula is C65H110O6. The molecule has 0 unspecified atom stereocenters. The third-order valence-corrected chi connectivity index (χ3v) is 12.6. The highest BCUT2D eigenvalue weighted by Gasteiger charge is 2.19. The summed E-state index contributed by atoms with van der Waals surface area (Å²) in [6, 6.07) is 0. The first-order chi connectivity index (χ1) is 35.0. The normalized spacial score (nSPS) is 12.8. The smallest absolute Gasteiger partial charge is 0.306 e. The van der Waals surface area contributed by atoms with E-state index in [2.05, 4.69) is 118 Å². The number of ether oxygens (including phenoxy) is 3. The molecule has 6 nitrogen and oxygen atoms in total. The summed E-state index contributed by atoms with van der Waals surface area (Å²) in [5.41, 5.74) is 0. The van der Waals surface area contributed by atoms with E-state index in [1.165, 1.54) is 103 Å². The fraction of sp³-hybridized carbons (Fsp3) is 0.708. The summed E-state index contributed by atoms with van der Waals surface area (Å²) in [5.74, 6) is -0.938. The van der Waals surface area contributed by atoms with Crippen molar-refractivity contribution in [2.24, 2.45) is 0 Å². The molecule has 0 aliphatic carbocycles. The van der Waals surface area contributed by atoms with Gasteiger partial charge in [-0.25, -0.2) is 0 Å². The van der Waals surface area contributed by atoms with Crippen molar-refractivity contribution in [1.82, 2.24) is 0 Å². The van der Waals surface area contributed by atoms with E-state index >= 15 is 0 Å². The minimum atomic E-state index is -0.803. The van der Waals surface area contributed by atoms with Crippen LogP contribution in [0.15, 0.2) is 97.2 Å². The zero-order valence-corrected chi connectivity index (χ0v) is 46.5. The van der Waals surface area contributed by atoms with Crippen LogP contribution in [0.1, 0.15) is 278 Å². The Morgan fingerprint density at radius 1 is 0.296 bits per heavy atom. The van der Waals surface area contributed by atoms with E-state index in [1.807, 2.05) is 0 Å². The highest BCUT2D eigenvalue weighted by molar-refractivity contribution is 5.71. The maximum absolute atomic E-state index is 12.9. The van der Waals surface area contributed by atoms with Crippen LogP contribution in [-0.2, 0) is 28.6 Å². The molecular weight excluding hydrogens is 877 g/mol. The van der Waals surface area contributed by atoms with Gasteiger partial charge in [0.25, 0.3) is 0 Å². The summed E-state index contributed by atoms with van der Waals surface area (Å²) < 4.78 is 16.9. The minimum absolute atomic E-state index is 0.0952. The fourth-order valence-electron chi connectivity index (χ4n) is 8.19. The van der Waals surface area contributed by atoms with Crippen LogP contribution < -0.4 is 0 Å². The van der Waals surface area contributed by atoms with Crippen molar-refractivity contribution in [2.75, 3.05) is 13.2 Å². The number of rotatable bonds is 53. The van der Waals surface area contributed by atoms with Gasteiger partial charge >= 0.3 is 17.9 Å². The second kappa shape index (κ2) is 58.9. The average molecular weight is 988 g/mol. The van der Waals surface area contributed by atoms with E-state index in [9.17, 15) is 14.4 Å². The summed E-state index contributed by atoms with van der Waals surface area (Å²) in [7, 11) is 0. The van der Waals surface area contributed by atoms with E-state index in [4.69, 9.17) is 14.2 Å². The Morgan fingerprint density at radius 2 is 0.549 bits per heavy atom. The fourth-order valence-corrected chi connectivity index (χ4v) is 8.19. The molecule has 0 aliphatic rings. The number of allylic oxidation sites excluding steroid dienone is 16. The van der Waals surface area contributed by atoms with Gasteiger partial charge < -0.3 is 14.2 Å². The standard InChI is InChI=1S/C65H110O6/c1-4-7-10-13-16-19-22-25-28-30-32-34-37-40-43-46-49-52-55-58-64(67)70-61-62(60-69-63(66)57-54-51-48-45-42-39-36-27-24-21-18-15-12-9-6-3)71-65(68)59-56-53-50-47-44-41-38-35-33-31-29-26-23-20-17-14-11-8-5-2/h8-9,11-12,17-18,20-21,26-27,29,33,35-36,41,44,62H,4-7,10,13-16,19,22-25,28,30-32,34,37-40,42-43,45-61H2,1-3H3/b11-8-,12-9-,20-17-,21-18-,29-26-,35-33-,36-27-,44-41-/t62-/m1/s1. The summed E-state index contributed by atoms with van der Waals surface area (Å²) in [6.45, 7) is 6.39. The van der Waals surface area contributed by atoms with Crippen LogP contribution in [-0.4, -0.2) is 37.2 Å². The van der Waals surface area contributed by atoms with Gasteiger partial charge in [0.2, 0.25) is 0 Å². The van der Waals surface area contributed by atoms with Gasteiger partial charge in [0.15, 0.2) is 6.10 Å². The monoisotopic (exact) mass is 987 g/mol. The molecule has 0 rings (SSSR count). The van der Waals surface area contributed by atoms with E-state index in [0.29, 0.717) is 12.8 Å². The Labute approximate surface area is 438 Å². The van der Waals surface area contributed by atoms with Gasteiger partial charge in [-0.1, -0.05) is 259 Å². The zero-order valence-electron chi connectivity index (χ0n) is 46.5. The molecule has 0 radical (unpaired) electrons. The third kappa shape index (κ3) is 57.1. The molecule has 0 aromatic heterocycles. The minimum Gasteiger partial charge on any atom is -0.462 e. The predicted molar refractivity (Wildman–Crippen MR) is 307 cm³/mol. The van der Waals surface area contributed by atoms with Crippen LogP contribution in [0.5, 0.6) is 0 Å². The van der Waals surface area contributed by atoms with Crippen LogP contribution in [0.4, 0.5) is 0 Å². The lowest BCUT2D eigenvalue weighted by molar-refractivity contribution is -0.167. The van der Waals surface area contributed by atoms with Gasteiger partial charge in [0.05, 0.1) is 0 Å². The van der Waals surface area contributed by atoms with Gasteiger partial charge in [-0.2, -0.15) is 0 Å². The number of carbonyl (C=O) groups is 3. The number of esters is 3. The molecule has 0 fully saturated rings. The molecule has 6 heteroatoms. The van der Waals surface area contributed by atoms with Gasteiger partial charge in [0.1, 0.15) is 13.2 Å². The molecule has 0 saturated heterocycles. The SMILES string of the molecule is CC/C=C\C/C=C\C/C=C\C/C=C\C/C=C\CCCCCC(=O)O[C@H](COC(=O)CCCCCCC/C=C\C/C=C\C/C=C\CC)COC(=O)CCCCCCCCCCCCCCCCCCCCC. The Kier molecular flexibility index (Phi) is 55.9. The van der Waals surface area contributed by atoms with Crippen molar-refractivity contribution >= 4 is 17.9 Å². The Morgan fingerprint density at radius 3 is 0.873 bits per heavy atom.